The fraction of sp³-hybridized carbons (Fsp3) is 0.292. The van der Waals surface area contributed by atoms with Crippen molar-refractivity contribution in [3.8, 4) is 23.1 Å². The lowest BCUT2D eigenvalue weighted by molar-refractivity contribution is -0.188. The van der Waals surface area contributed by atoms with Crippen LogP contribution in [-0.4, -0.2) is 81.6 Å². The molecule has 0 aliphatic carbocycles. The molecule has 14 nitrogen and oxygen atoms in total. The van der Waals surface area contributed by atoms with Crippen molar-refractivity contribution in [2.75, 3.05) is 27.3 Å². The molecule has 4 aromatic carbocycles. The molecule has 6 aromatic rings. The molecule has 64 heavy (non-hydrogen) atoms. The Kier molecular flexibility index (Phi) is 18.2. The SMILES string of the molecule is C.C.COOC=N[C@@H](C(=O)N1CCC[C@H]1c1nc2ccc(C#Cc3ccc(-c4cc([C@@H]5CCCN5C(=O)[C@H](NC(=O)OC)c5ccccc5)[nH]n4)cc3)cc2[nH]1)c1ccccc1.S.S. The van der Waals surface area contributed by atoms with E-state index in [4.69, 9.17) is 14.6 Å². The predicted molar refractivity (Wildman–Crippen MR) is 258 cm³/mol. The van der Waals surface area contributed by atoms with Crippen LogP contribution in [0.1, 0.15) is 98.5 Å². The number of likely N-dealkylation sites (tertiary alicyclic amines) is 2. The molecular weight excluding hydrogens is 849 g/mol. The number of benzene rings is 4. The van der Waals surface area contributed by atoms with Crippen molar-refractivity contribution in [1.82, 2.24) is 35.3 Å². The quantitative estimate of drug-likeness (QED) is 0.0382. The third kappa shape index (κ3) is 11.1. The van der Waals surface area contributed by atoms with Crippen molar-refractivity contribution in [3.63, 3.8) is 0 Å². The number of hydrogen-bond acceptors (Lipinski definition) is 9. The molecule has 0 unspecified atom stereocenters. The van der Waals surface area contributed by atoms with Gasteiger partial charge in [-0.05, 0) is 73.2 Å². The van der Waals surface area contributed by atoms with Crippen molar-refractivity contribution in [1.29, 1.82) is 0 Å². The molecule has 16 heteroatoms. The molecule has 336 valence electrons. The molecule has 2 aliphatic rings. The van der Waals surface area contributed by atoms with Crippen LogP contribution in [0, 0.1) is 11.8 Å². The number of nitrogens with one attached hydrogen (secondary N) is 3. The summed E-state index contributed by atoms with van der Waals surface area (Å²) in [6, 6.07) is 32.2. The number of carbonyl (C=O) groups excluding carboxylic acids is 3. The average molecular weight is 905 g/mol. The maximum absolute atomic E-state index is 13.9. The highest BCUT2D eigenvalue weighted by Gasteiger charge is 2.38. The topological polar surface area (TPSA) is 167 Å². The molecule has 2 aromatic heterocycles. The normalized spacial score (nSPS) is 16.2. The number of carbonyl (C=O) groups is 3. The van der Waals surface area contributed by atoms with E-state index < -0.39 is 18.2 Å². The van der Waals surface area contributed by atoms with Crippen molar-refractivity contribution < 1.29 is 28.9 Å². The Morgan fingerprint density at radius 2 is 1.42 bits per heavy atom. The maximum atomic E-state index is 13.9. The highest BCUT2D eigenvalue weighted by molar-refractivity contribution is 7.59. The van der Waals surface area contributed by atoms with Gasteiger partial charge in [-0.3, -0.25) is 14.7 Å². The fourth-order valence-electron chi connectivity index (χ4n) is 7.95. The Hall–Kier alpha value is -6.54. The van der Waals surface area contributed by atoms with E-state index in [0.29, 0.717) is 18.7 Å². The van der Waals surface area contributed by atoms with E-state index in [1.165, 1.54) is 14.2 Å². The van der Waals surface area contributed by atoms with E-state index >= 15 is 0 Å². The summed E-state index contributed by atoms with van der Waals surface area (Å²) < 4.78 is 4.83. The first-order valence-corrected chi connectivity index (χ1v) is 19.8. The summed E-state index contributed by atoms with van der Waals surface area (Å²) in [5, 5.41) is 10.5. The molecule has 0 saturated carbocycles. The van der Waals surface area contributed by atoms with E-state index in [9.17, 15) is 14.4 Å². The number of ether oxygens (including phenoxy) is 1. The third-order valence-electron chi connectivity index (χ3n) is 10.9. The molecule has 4 atom stereocenters. The number of aliphatic imine (C=N–C) groups is 1. The van der Waals surface area contributed by atoms with Gasteiger partial charge in [0, 0.05) is 29.8 Å². The Bertz CT molecular complexity index is 2560. The number of methoxy groups -OCH3 is 1. The summed E-state index contributed by atoms with van der Waals surface area (Å²) in [6.45, 7) is 1.15. The number of H-pyrrole nitrogens is 2. The third-order valence-corrected chi connectivity index (χ3v) is 10.9. The first kappa shape index (κ1) is 50.1. The minimum Gasteiger partial charge on any atom is -0.453 e. The lowest BCUT2D eigenvalue weighted by atomic mass is 10.0. The Morgan fingerprint density at radius 3 is 2.09 bits per heavy atom. The van der Waals surface area contributed by atoms with Crippen LogP contribution in [0.5, 0.6) is 0 Å². The molecule has 0 spiro atoms. The zero-order valence-electron chi connectivity index (χ0n) is 34.2. The molecule has 3 amide bonds. The van der Waals surface area contributed by atoms with Gasteiger partial charge >= 0.3 is 6.09 Å². The summed E-state index contributed by atoms with van der Waals surface area (Å²) in [7, 11) is 2.66. The summed E-state index contributed by atoms with van der Waals surface area (Å²) in [6.07, 6.45) is 3.69. The molecule has 3 N–H and O–H groups in total. The molecule has 0 bridgehead atoms. The number of aromatic nitrogens is 4. The Morgan fingerprint density at radius 1 is 0.797 bits per heavy atom. The fourth-order valence-corrected chi connectivity index (χ4v) is 7.95. The van der Waals surface area contributed by atoms with Crippen LogP contribution in [0.25, 0.3) is 22.3 Å². The van der Waals surface area contributed by atoms with Gasteiger partial charge in [0.15, 0.2) is 6.04 Å². The van der Waals surface area contributed by atoms with Gasteiger partial charge in [-0.25, -0.2) is 14.8 Å². The smallest absolute Gasteiger partial charge is 0.407 e. The lowest BCUT2D eigenvalue weighted by Crippen LogP contribution is -2.42. The molecule has 8 rings (SSSR count). The van der Waals surface area contributed by atoms with Gasteiger partial charge in [-0.1, -0.05) is 99.5 Å². The van der Waals surface area contributed by atoms with Crippen LogP contribution in [-0.2, 0) is 24.1 Å². The minimum absolute atomic E-state index is 0. The van der Waals surface area contributed by atoms with Gasteiger partial charge in [0.1, 0.15) is 11.9 Å². The second-order valence-electron chi connectivity index (χ2n) is 14.6. The molecular formula is C48H56N8O6S2. The first-order valence-electron chi connectivity index (χ1n) is 19.8. The molecule has 0 radical (unpaired) electrons. The van der Waals surface area contributed by atoms with Crippen molar-refractivity contribution >= 4 is 62.3 Å². The number of aromatic amines is 2. The number of nitrogens with zero attached hydrogens (tertiary/aromatic N) is 5. The van der Waals surface area contributed by atoms with E-state index in [2.05, 4.69) is 42.2 Å². The van der Waals surface area contributed by atoms with Gasteiger partial charge in [-0.15, -0.1) is 0 Å². The van der Waals surface area contributed by atoms with E-state index in [1.807, 2.05) is 114 Å². The van der Waals surface area contributed by atoms with Crippen molar-refractivity contribution in [2.45, 2.75) is 64.7 Å². The highest BCUT2D eigenvalue weighted by atomic mass is 32.1. The van der Waals surface area contributed by atoms with Crippen molar-refractivity contribution in [2.24, 2.45) is 4.99 Å². The van der Waals surface area contributed by atoms with Gasteiger partial charge in [0.25, 0.3) is 5.91 Å². The van der Waals surface area contributed by atoms with Gasteiger partial charge in [0.2, 0.25) is 12.3 Å². The summed E-state index contributed by atoms with van der Waals surface area (Å²) in [5.41, 5.74) is 7.21. The number of amides is 3. The van der Waals surface area contributed by atoms with Crippen LogP contribution in [0.4, 0.5) is 4.79 Å². The predicted octanol–water partition coefficient (Wildman–Crippen LogP) is 8.62. The van der Waals surface area contributed by atoms with Crippen molar-refractivity contribution in [3.05, 3.63) is 143 Å². The molecule has 4 heterocycles. The van der Waals surface area contributed by atoms with Gasteiger partial charge in [-0.2, -0.15) is 37.0 Å². The Labute approximate surface area is 388 Å². The van der Waals surface area contributed by atoms with Crippen LogP contribution >= 0.6 is 27.0 Å². The van der Waals surface area contributed by atoms with Gasteiger partial charge in [0.05, 0.1) is 48.7 Å². The van der Waals surface area contributed by atoms with E-state index in [0.717, 1.165) is 82.6 Å². The number of imidazole rings is 1. The highest BCUT2D eigenvalue weighted by Crippen LogP contribution is 2.36. The van der Waals surface area contributed by atoms with Crippen LogP contribution in [0.15, 0.2) is 114 Å². The monoisotopic (exact) mass is 904 g/mol. The largest absolute Gasteiger partial charge is 0.453 e. The minimum atomic E-state index is -0.878. The van der Waals surface area contributed by atoms with Crippen LogP contribution < -0.4 is 5.32 Å². The number of hydrogen-bond donors (Lipinski definition) is 3. The summed E-state index contributed by atoms with van der Waals surface area (Å²) in [4.78, 5) is 65.9. The Balaban J connectivity index is 0.00000224. The van der Waals surface area contributed by atoms with E-state index in [-0.39, 0.29) is 65.7 Å². The zero-order chi connectivity index (χ0) is 41.4. The standard InChI is InChI=1S/C46H44N8O6.2CH4.2H2S/c1-58-46(57)50-42(34-13-7-4-8-14-34)45(56)53-25-9-15-39(53)38-28-36(51-52-38)32-22-19-30(20-23-32)17-18-31-21-24-35-37(27-31)49-43(48-35)40-16-10-26-54(40)44(55)41(47-29-60-59-2)33-11-5-3-6-12-33;;;;/h3-8,11-14,19-24,27-29,39-42H,9-10,15-16,25-26H2,1-2H3,(H,48,49)(H,50,57)(H,51,52);2*1H4;2*1H2/t39-,40-,41+,42+;;;;/m0..../s1. The first-order chi connectivity index (χ1) is 29.4. The number of alkyl carbamates (subject to hydrolysis) is 1. The second kappa shape index (κ2) is 23.2. The van der Waals surface area contributed by atoms with Crippen LogP contribution in [0.3, 0.4) is 0 Å². The number of fused-ring (bicyclic) bond motifs is 1. The van der Waals surface area contributed by atoms with Gasteiger partial charge < -0.3 is 29.7 Å². The second-order valence-corrected chi connectivity index (χ2v) is 14.6. The van der Waals surface area contributed by atoms with Crippen LogP contribution in [0.2, 0.25) is 0 Å². The number of rotatable bonds is 11. The average Bonchev–Trinajstić information content (AvgIpc) is 4.13. The zero-order valence-corrected chi connectivity index (χ0v) is 36.2. The maximum Gasteiger partial charge on any atom is 0.407 e. The summed E-state index contributed by atoms with van der Waals surface area (Å²) >= 11 is 0. The lowest BCUT2D eigenvalue weighted by Gasteiger charge is -2.28. The summed E-state index contributed by atoms with van der Waals surface area (Å²) in [5.74, 6) is 6.92. The molecule has 2 aliphatic heterocycles. The van der Waals surface area contributed by atoms with E-state index in [1.54, 1.807) is 4.90 Å². The molecule has 2 fully saturated rings. The molecule has 2 saturated heterocycles.